The molecule has 0 aliphatic carbocycles. The van der Waals surface area contributed by atoms with Crippen LogP contribution in [0.25, 0.3) is 54.7 Å². The summed E-state index contributed by atoms with van der Waals surface area (Å²) in [4.78, 5) is 0. The van der Waals surface area contributed by atoms with E-state index in [0.29, 0.717) is 0 Å². The molecule has 32 heavy (non-hydrogen) atoms. The van der Waals surface area contributed by atoms with E-state index in [9.17, 15) is 0 Å². The van der Waals surface area contributed by atoms with Crippen molar-refractivity contribution in [2.75, 3.05) is 0 Å². The van der Waals surface area contributed by atoms with Crippen molar-refractivity contribution in [2.45, 2.75) is 26.9 Å². The molecule has 6 rings (SSSR count). The van der Waals surface area contributed by atoms with E-state index < -0.39 is 0 Å². The van der Waals surface area contributed by atoms with Crippen LogP contribution < -0.4 is 0 Å². The molecular weight excluding hydrogens is 524 g/mol. The Morgan fingerprint density at radius 1 is 0.500 bits per heavy atom. The minimum atomic E-state index is 0.957. The zero-order chi connectivity index (χ0) is 22.0. The van der Waals surface area contributed by atoms with Gasteiger partial charge in [0.25, 0.3) is 0 Å². The number of aryl methyl sites for hydroxylation is 2. The lowest BCUT2D eigenvalue weighted by atomic mass is 10.0. The Balaban J connectivity index is 1.62. The highest BCUT2D eigenvalue weighted by Crippen LogP contribution is 2.37. The van der Waals surface area contributed by atoms with Crippen LogP contribution in [-0.2, 0) is 13.1 Å². The van der Waals surface area contributed by atoms with Gasteiger partial charge in [-0.1, -0.05) is 44.0 Å². The first-order chi connectivity index (χ1) is 15.6. The van der Waals surface area contributed by atoms with Crippen LogP contribution >= 0.6 is 31.9 Å². The summed E-state index contributed by atoms with van der Waals surface area (Å²) in [6.45, 7) is 6.34. The Kier molecular flexibility index (Phi) is 4.70. The van der Waals surface area contributed by atoms with E-state index >= 15 is 0 Å². The van der Waals surface area contributed by atoms with Crippen molar-refractivity contribution in [3.8, 4) is 11.1 Å². The van der Waals surface area contributed by atoms with Gasteiger partial charge in [0.1, 0.15) is 0 Å². The van der Waals surface area contributed by atoms with Gasteiger partial charge in [0.2, 0.25) is 0 Å². The second-order valence-corrected chi connectivity index (χ2v) is 10.1. The Morgan fingerprint density at radius 3 is 1.22 bits per heavy atom. The second kappa shape index (κ2) is 7.50. The molecule has 0 bridgehead atoms. The molecule has 0 fully saturated rings. The summed E-state index contributed by atoms with van der Waals surface area (Å²) in [5, 5.41) is 5.20. The maximum absolute atomic E-state index is 3.66. The van der Waals surface area contributed by atoms with Crippen molar-refractivity contribution in [1.29, 1.82) is 0 Å². The molecule has 0 aliphatic heterocycles. The van der Waals surface area contributed by atoms with Crippen LogP contribution in [0.15, 0.2) is 81.7 Å². The van der Waals surface area contributed by atoms with Crippen molar-refractivity contribution in [3.05, 3.63) is 81.7 Å². The molecule has 0 atom stereocenters. The van der Waals surface area contributed by atoms with Crippen LogP contribution in [0.5, 0.6) is 0 Å². The van der Waals surface area contributed by atoms with Crippen molar-refractivity contribution >= 4 is 75.5 Å². The highest BCUT2D eigenvalue weighted by molar-refractivity contribution is 9.10. The predicted octanol–water partition coefficient (Wildman–Crippen LogP) is 9.13. The minimum absolute atomic E-state index is 0.957. The fraction of sp³-hybridized carbons (Fsp3) is 0.143. The summed E-state index contributed by atoms with van der Waals surface area (Å²) in [5.74, 6) is 0. The second-order valence-electron chi connectivity index (χ2n) is 8.28. The maximum Gasteiger partial charge on any atom is 0.0492 e. The number of fused-ring (bicyclic) bond motifs is 6. The quantitative estimate of drug-likeness (QED) is 0.210. The van der Waals surface area contributed by atoms with Crippen LogP contribution in [0.1, 0.15) is 13.8 Å². The van der Waals surface area contributed by atoms with Gasteiger partial charge in [-0.25, -0.2) is 0 Å². The zero-order valence-corrected chi connectivity index (χ0v) is 21.2. The standard InChI is InChI=1S/C28H22Br2N2/c1-3-31-25-9-5-17(13-21(25)23-15-19(29)7-11-27(23)31)18-6-10-26-22(14-18)24-16-20(30)8-12-28(24)32(26)4-2/h5-16H,3-4H2,1-2H3. The van der Waals surface area contributed by atoms with Crippen molar-refractivity contribution in [2.24, 2.45) is 0 Å². The number of hydrogen-bond acceptors (Lipinski definition) is 0. The van der Waals surface area contributed by atoms with Gasteiger partial charge in [-0.3, -0.25) is 0 Å². The van der Waals surface area contributed by atoms with Gasteiger partial charge >= 0.3 is 0 Å². The molecule has 2 heterocycles. The molecule has 0 N–H and O–H groups in total. The fourth-order valence-corrected chi connectivity index (χ4v) is 5.92. The summed E-state index contributed by atoms with van der Waals surface area (Å²) in [6.07, 6.45) is 0. The van der Waals surface area contributed by atoms with Gasteiger partial charge in [-0.15, -0.1) is 0 Å². The lowest BCUT2D eigenvalue weighted by molar-refractivity contribution is 0.827. The largest absolute Gasteiger partial charge is 0.341 e. The molecule has 0 aliphatic rings. The summed E-state index contributed by atoms with van der Waals surface area (Å²) in [7, 11) is 0. The fourth-order valence-electron chi connectivity index (χ4n) is 5.19. The van der Waals surface area contributed by atoms with Crippen molar-refractivity contribution < 1.29 is 0 Å². The number of aromatic nitrogens is 2. The normalized spacial score (nSPS) is 12.0. The van der Waals surface area contributed by atoms with Crippen molar-refractivity contribution in [1.82, 2.24) is 9.13 Å². The van der Waals surface area contributed by atoms with Crippen LogP contribution in [0, 0.1) is 0 Å². The van der Waals surface area contributed by atoms with Gasteiger partial charge in [0.15, 0.2) is 0 Å². The van der Waals surface area contributed by atoms with E-state index in [1.54, 1.807) is 0 Å². The van der Waals surface area contributed by atoms with Gasteiger partial charge in [0, 0.05) is 65.6 Å². The topological polar surface area (TPSA) is 9.86 Å². The third kappa shape index (κ3) is 2.89. The lowest BCUT2D eigenvalue weighted by Gasteiger charge is -2.06. The van der Waals surface area contributed by atoms with Crippen LogP contribution in [-0.4, -0.2) is 9.13 Å². The number of hydrogen-bond donors (Lipinski definition) is 0. The number of halogens is 2. The molecule has 0 saturated carbocycles. The molecule has 0 saturated heterocycles. The van der Waals surface area contributed by atoms with E-state index in [0.717, 1.165) is 22.0 Å². The summed E-state index contributed by atoms with van der Waals surface area (Å²) < 4.78 is 7.03. The molecule has 4 aromatic carbocycles. The third-order valence-corrected chi connectivity index (χ3v) is 7.61. The number of benzene rings is 4. The molecule has 2 nitrogen and oxygen atoms in total. The Morgan fingerprint density at radius 2 is 0.844 bits per heavy atom. The number of rotatable bonds is 3. The lowest BCUT2D eigenvalue weighted by Crippen LogP contribution is -1.93. The molecule has 0 radical (unpaired) electrons. The average Bonchev–Trinajstić information content (AvgIpc) is 3.29. The first-order valence-electron chi connectivity index (χ1n) is 11.0. The predicted molar refractivity (Wildman–Crippen MR) is 145 cm³/mol. The first kappa shape index (κ1) is 20.1. The third-order valence-electron chi connectivity index (χ3n) is 6.62. The maximum atomic E-state index is 3.66. The van der Waals surface area contributed by atoms with Gasteiger partial charge in [-0.05, 0) is 85.6 Å². The molecule has 6 aromatic rings. The molecule has 158 valence electrons. The SMILES string of the molecule is CCn1c2ccc(Br)cc2c2cc(-c3ccc4c(c3)c3cc(Br)ccc3n4CC)ccc21. The minimum Gasteiger partial charge on any atom is -0.341 e. The zero-order valence-electron chi connectivity index (χ0n) is 18.0. The molecule has 0 amide bonds. The van der Waals surface area contributed by atoms with Crippen LogP contribution in [0.4, 0.5) is 0 Å². The summed E-state index contributed by atoms with van der Waals surface area (Å²) in [5.41, 5.74) is 7.65. The van der Waals surface area contributed by atoms with E-state index in [4.69, 9.17) is 0 Å². The Bertz CT molecular complexity index is 1540. The molecule has 2 aromatic heterocycles. The first-order valence-corrected chi connectivity index (χ1v) is 12.6. The molecule has 4 heteroatoms. The molecular formula is C28H22Br2N2. The highest BCUT2D eigenvalue weighted by Gasteiger charge is 2.14. The van der Waals surface area contributed by atoms with E-state index in [1.165, 1.54) is 54.7 Å². The van der Waals surface area contributed by atoms with E-state index in [1.807, 2.05) is 0 Å². The Labute approximate surface area is 203 Å². The van der Waals surface area contributed by atoms with Gasteiger partial charge in [-0.2, -0.15) is 0 Å². The van der Waals surface area contributed by atoms with Crippen molar-refractivity contribution in [3.63, 3.8) is 0 Å². The number of nitrogens with zero attached hydrogens (tertiary/aromatic N) is 2. The monoisotopic (exact) mass is 544 g/mol. The summed E-state index contributed by atoms with van der Waals surface area (Å²) >= 11 is 7.32. The van der Waals surface area contributed by atoms with Crippen LogP contribution in [0.2, 0.25) is 0 Å². The van der Waals surface area contributed by atoms with E-state index in [-0.39, 0.29) is 0 Å². The van der Waals surface area contributed by atoms with Gasteiger partial charge in [0.05, 0.1) is 0 Å². The Hall–Kier alpha value is -2.56. The molecule has 0 spiro atoms. The van der Waals surface area contributed by atoms with Crippen LogP contribution in [0.3, 0.4) is 0 Å². The highest BCUT2D eigenvalue weighted by atomic mass is 79.9. The molecule has 0 unspecified atom stereocenters. The van der Waals surface area contributed by atoms with E-state index in [2.05, 4.69) is 128 Å². The summed E-state index contributed by atoms with van der Waals surface area (Å²) in [6, 6.07) is 26.9. The average molecular weight is 546 g/mol. The smallest absolute Gasteiger partial charge is 0.0492 e. The van der Waals surface area contributed by atoms with Gasteiger partial charge < -0.3 is 9.13 Å².